The molecule has 0 aliphatic carbocycles. The van der Waals surface area contributed by atoms with Crippen molar-refractivity contribution >= 4 is 17.5 Å². The minimum Gasteiger partial charge on any atom is -0.487 e. The highest BCUT2D eigenvalue weighted by atomic mass is 35.5. The number of nitrogens with zero attached hydrogens (tertiary/aromatic N) is 5. The lowest BCUT2D eigenvalue weighted by Gasteiger charge is -2.28. The lowest BCUT2D eigenvalue weighted by molar-refractivity contribution is 0.230. The predicted molar refractivity (Wildman–Crippen MR) is 162 cm³/mol. The van der Waals surface area contributed by atoms with Crippen molar-refractivity contribution in [1.29, 1.82) is 5.26 Å². The number of rotatable bonds is 8. The molecule has 0 amide bonds. The van der Waals surface area contributed by atoms with E-state index >= 15 is 0 Å². The predicted octanol–water partition coefficient (Wildman–Crippen LogP) is 5.27. The summed E-state index contributed by atoms with van der Waals surface area (Å²) in [6.07, 6.45) is 4.48. The maximum absolute atomic E-state index is 9.35. The van der Waals surface area contributed by atoms with Crippen LogP contribution in [0.4, 0.5) is 5.95 Å². The van der Waals surface area contributed by atoms with Gasteiger partial charge in [-0.05, 0) is 91.2 Å². The zero-order valence-electron chi connectivity index (χ0n) is 24.0. The van der Waals surface area contributed by atoms with Gasteiger partial charge in [0, 0.05) is 49.4 Å². The van der Waals surface area contributed by atoms with E-state index in [1.807, 2.05) is 36.5 Å². The number of aromatic nitrogens is 2. The van der Waals surface area contributed by atoms with Gasteiger partial charge < -0.3 is 19.9 Å². The van der Waals surface area contributed by atoms with Crippen molar-refractivity contribution in [3.05, 3.63) is 82.1 Å². The van der Waals surface area contributed by atoms with Crippen molar-refractivity contribution in [1.82, 2.24) is 20.2 Å². The number of hydrogen-bond donors (Lipinski definition) is 1. The van der Waals surface area contributed by atoms with Crippen LogP contribution in [0.5, 0.6) is 5.75 Å². The summed E-state index contributed by atoms with van der Waals surface area (Å²) in [5.41, 5.74) is 3.26. The van der Waals surface area contributed by atoms with E-state index in [0.29, 0.717) is 29.0 Å². The molecule has 2 atom stereocenters. The summed E-state index contributed by atoms with van der Waals surface area (Å²) < 4.78 is 6.12. The van der Waals surface area contributed by atoms with Crippen LogP contribution in [-0.2, 0) is 12.0 Å². The number of fused-ring (bicyclic) bond motifs is 1. The summed E-state index contributed by atoms with van der Waals surface area (Å²) in [5, 5.41) is 13.4. The van der Waals surface area contributed by atoms with Crippen molar-refractivity contribution in [2.45, 2.75) is 38.7 Å². The molecule has 0 saturated carbocycles. The van der Waals surface area contributed by atoms with Gasteiger partial charge >= 0.3 is 0 Å². The average Bonchev–Trinajstić information content (AvgIpc) is 3.56. The SMILES string of the molecule is CC(C)(c1ccc(OCc2ccnc(N3CC4CN(CC5CCNCC5)CC4C3)n2)cc1)c1cc(Cl)cc(C#N)c1. The molecule has 0 spiro atoms. The Labute approximate surface area is 248 Å². The first-order valence-electron chi connectivity index (χ1n) is 14.8. The lowest BCUT2D eigenvalue weighted by Crippen LogP contribution is -2.37. The van der Waals surface area contributed by atoms with Crippen molar-refractivity contribution < 1.29 is 4.74 Å². The Balaban J connectivity index is 1.03. The first-order chi connectivity index (χ1) is 19.9. The average molecular weight is 571 g/mol. The normalized spacial score (nSPS) is 21.6. The highest BCUT2D eigenvalue weighted by molar-refractivity contribution is 6.30. The third kappa shape index (κ3) is 6.35. The van der Waals surface area contributed by atoms with E-state index in [4.69, 9.17) is 21.3 Å². The summed E-state index contributed by atoms with van der Waals surface area (Å²) >= 11 is 6.27. The highest BCUT2D eigenvalue weighted by Crippen LogP contribution is 2.35. The number of likely N-dealkylation sites (tertiary alicyclic amines) is 1. The molecular formula is C33H39ClN6O. The molecule has 6 rings (SSSR count). The van der Waals surface area contributed by atoms with Crippen molar-refractivity contribution in [2.75, 3.05) is 50.7 Å². The Bertz CT molecular complexity index is 1380. The zero-order valence-corrected chi connectivity index (χ0v) is 24.8. The lowest BCUT2D eigenvalue weighted by atomic mass is 9.78. The Hall–Kier alpha value is -3.18. The molecule has 3 aliphatic heterocycles. The fraction of sp³-hybridized carbons (Fsp3) is 0.485. The second-order valence-electron chi connectivity index (χ2n) is 12.5. The summed E-state index contributed by atoms with van der Waals surface area (Å²) in [6, 6.07) is 17.8. The van der Waals surface area contributed by atoms with Gasteiger partial charge in [0.05, 0.1) is 17.3 Å². The minimum absolute atomic E-state index is 0.311. The number of piperidine rings is 1. The van der Waals surface area contributed by atoms with Gasteiger partial charge in [-0.1, -0.05) is 37.6 Å². The van der Waals surface area contributed by atoms with Gasteiger partial charge in [-0.15, -0.1) is 0 Å². The second-order valence-corrected chi connectivity index (χ2v) is 12.9. The molecule has 0 bridgehead atoms. The van der Waals surface area contributed by atoms with Crippen LogP contribution >= 0.6 is 11.6 Å². The third-order valence-corrected chi connectivity index (χ3v) is 9.45. The Kier molecular flexibility index (Phi) is 8.16. The van der Waals surface area contributed by atoms with E-state index in [-0.39, 0.29) is 5.41 Å². The fourth-order valence-corrected chi connectivity index (χ4v) is 6.99. The molecule has 2 aromatic carbocycles. The van der Waals surface area contributed by atoms with Gasteiger partial charge in [0.25, 0.3) is 0 Å². The number of nitrogens with one attached hydrogen (secondary N) is 1. The van der Waals surface area contributed by atoms with E-state index in [0.717, 1.165) is 47.5 Å². The molecule has 0 radical (unpaired) electrons. The molecule has 4 heterocycles. The van der Waals surface area contributed by atoms with Gasteiger partial charge in [-0.3, -0.25) is 0 Å². The van der Waals surface area contributed by atoms with Crippen molar-refractivity contribution in [3.8, 4) is 11.8 Å². The first kappa shape index (κ1) is 28.0. The number of hydrogen-bond acceptors (Lipinski definition) is 7. The standard InChI is InChI=1S/C33H39ClN6O/c1-33(2,28-13-24(16-35)14-29(34)15-28)27-3-5-31(6-4-27)41-22-30-9-12-37-32(38-30)40-20-25-18-39(19-26(25)21-40)17-23-7-10-36-11-8-23/h3-6,9,12-15,23,25-26,36H,7-8,10-11,17-22H2,1-2H3. The minimum atomic E-state index is -0.311. The van der Waals surface area contributed by atoms with Crippen LogP contribution < -0.4 is 15.0 Å². The Morgan fingerprint density at radius 2 is 1.73 bits per heavy atom. The number of anilines is 1. The Morgan fingerprint density at radius 3 is 2.44 bits per heavy atom. The molecular weight excluding hydrogens is 532 g/mol. The van der Waals surface area contributed by atoms with Crippen LogP contribution in [0.15, 0.2) is 54.7 Å². The molecule has 1 N–H and O–H groups in total. The number of halogens is 1. The van der Waals surface area contributed by atoms with Crippen LogP contribution in [0.2, 0.25) is 5.02 Å². The number of nitriles is 1. The monoisotopic (exact) mass is 570 g/mol. The van der Waals surface area contributed by atoms with Crippen LogP contribution in [0.25, 0.3) is 0 Å². The first-order valence-corrected chi connectivity index (χ1v) is 15.2. The summed E-state index contributed by atoms with van der Waals surface area (Å²) in [5.74, 6) is 3.89. The van der Waals surface area contributed by atoms with Crippen molar-refractivity contribution in [2.24, 2.45) is 17.8 Å². The molecule has 3 fully saturated rings. The summed E-state index contributed by atoms with van der Waals surface area (Å²) in [6.45, 7) is 12.8. The van der Waals surface area contributed by atoms with Gasteiger partial charge in [0.1, 0.15) is 12.4 Å². The molecule has 2 unspecified atom stereocenters. The van der Waals surface area contributed by atoms with Gasteiger partial charge in [-0.25, -0.2) is 9.97 Å². The molecule has 3 aromatic rings. The molecule has 41 heavy (non-hydrogen) atoms. The van der Waals surface area contributed by atoms with E-state index in [1.54, 1.807) is 6.07 Å². The topological polar surface area (TPSA) is 77.3 Å². The zero-order chi connectivity index (χ0) is 28.4. The molecule has 3 aliphatic rings. The molecule has 1 aromatic heterocycles. The molecule has 3 saturated heterocycles. The Morgan fingerprint density at radius 1 is 1.00 bits per heavy atom. The van der Waals surface area contributed by atoms with Crippen molar-refractivity contribution in [3.63, 3.8) is 0 Å². The number of ether oxygens (including phenoxy) is 1. The summed E-state index contributed by atoms with van der Waals surface area (Å²) in [7, 11) is 0. The second kappa shape index (κ2) is 12.0. The van der Waals surface area contributed by atoms with Gasteiger partial charge in [0.2, 0.25) is 5.95 Å². The third-order valence-electron chi connectivity index (χ3n) is 9.23. The summed E-state index contributed by atoms with van der Waals surface area (Å²) in [4.78, 5) is 14.5. The molecule has 8 heteroatoms. The number of benzene rings is 2. The smallest absolute Gasteiger partial charge is 0.225 e. The van der Waals surface area contributed by atoms with E-state index < -0.39 is 0 Å². The van der Waals surface area contributed by atoms with Crippen LogP contribution in [0, 0.1) is 29.1 Å². The van der Waals surface area contributed by atoms with E-state index in [1.165, 1.54) is 45.6 Å². The van der Waals surface area contributed by atoms with Crippen LogP contribution in [0.1, 0.15) is 49.1 Å². The van der Waals surface area contributed by atoms with E-state index in [9.17, 15) is 5.26 Å². The molecule has 7 nitrogen and oxygen atoms in total. The van der Waals surface area contributed by atoms with E-state index in [2.05, 4.69) is 52.2 Å². The maximum Gasteiger partial charge on any atom is 0.225 e. The largest absolute Gasteiger partial charge is 0.487 e. The van der Waals surface area contributed by atoms with Crippen LogP contribution in [0.3, 0.4) is 0 Å². The quantitative estimate of drug-likeness (QED) is 0.395. The molecule has 214 valence electrons. The van der Waals surface area contributed by atoms with Gasteiger partial charge in [-0.2, -0.15) is 5.26 Å². The van der Waals surface area contributed by atoms with Crippen LogP contribution in [-0.4, -0.2) is 60.7 Å². The highest BCUT2D eigenvalue weighted by Gasteiger charge is 2.41. The maximum atomic E-state index is 9.35. The fourth-order valence-electron chi connectivity index (χ4n) is 6.76. The van der Waals surface area contributed by atoms with Gasteiger partial charge in [0.15, 0.2) is 0 Å².